The van der Waals surface area contributed by atoms with Crippen molar-refractivity contribution in [1.29, 1.82) is 0 Å². The molecule has 4 aliphatic rings. The molecule has 1 N–H and O–H groups in total. The molecular formula is C40H60ClN3O4S3. The summed E-state index contributed by atoms with van der Waals surface area (Å²) in [7, 11) is 0.290. The molecule has 4 aliphatic heterocycles. The van der Waals surface area contributed by atoms with Crippen molar-refractivity contribution < 1.29 is 35.2 Å². The van der Waals surface area contributed by atoms with E-state index in [1.807, 2.05) is 55.4 Å². The molecular weight excluding hydrogens is 718 g/mol. The minimum atomic E-state index is -3.63. The van der Waals surface area contributed by atoms with Crippen LogP contribution in [0.3, 0.4) is 0 Å². The number of hydrogen-bond acceptors (Lipinski definition) is 6. The molecule has 0 aromatic heterocycles. The number of anilines is 1. The molecule has 0 aliphatic carbocycles. The van der Waals surface area contributed by atoms with Gasteiger partial charge in [-0.25, -0.2) is 8.42 Å². The molecule has 7 nitrogen and oxygen atoms in total. The van der Waals surface area contributed by atoms with Crippen LogP contribution in [0.15, 0.2) is 71.6 Å². The number of nitrogens with zero attached hydrogens (tertiary/aromatic N) is 3. The van der Waals surface area contributed by atoms with Crippen molar-refractivity contribution in [3.05, 3.63) is 89.0 Å². The van der Waals surface area contributed by atoms with E-state index in [0.29, 0.717) is 29.9 Å². The van der Waals surface area contributed by atoms with E-state index in [0.717, 1.165) is 54.8 Å². The Kier molecular flexibility index (Phi) is 15.7. The number of halogens is 1. The summed E-state index contributed by atoms with van der Waals surface area (Å²) in [5.41, 5.74) is 4.34. The van der Waals surface area contributed by atoms with E-state index >= 15 is 0 Å². The molecule has 3 saturated heterocycles. The summed E-state index contributed by atoms with van der Waals surface area (Å²) < 4.78 is 35.7. The lowest BCUT2D eigenvalue weighted by Crippen LogP contribution is -3.00. The molecule has 3 aromatic carbocycles. The minimum absolute atomic E-state index is 0. The minimum Gasteiger partial charge on any atom is -1.00 e. The first-order valence-electron chi connectivity index (χ1n) is 18.2. The SMILES string of the molecule is CCCCC1(CCCC)CS(=O)(=O)c2ccc(N(C)C)cc2[C@H](c2ccc(OCc3ccc(C[N+]45CCN(CC4)CC5)cc3)cc2)[C@@H]1O.S.S.[Cl-]. The number of aliphatic hydroxyl groups is 1. The summed E-state index contributed by atoms with van der Waals surface area (Å²) >= 11 is 0. The third kappa shape index (κ3) is 9.61. The monoisotopic (exact) mass is 777 g/mol. The summed E-state index contributed by atoms with van der Waals surface area (Å²) in [6.07, 6.45) is 4.21. The average molecular weight is 779 g/mol. The second kappa shape index (κ2) is 18.4. The number of hydrogen-bond donors (Lipinski definition) is 1. The summed E-state index contributed by atoms with van der Waals surface area (Å²) in [5.74, 6) is 0.264. The number of ether oxygens (including phenoxy) is 1. The van der Waals surface area contributed by atoms with Crippen LogP contribution in [0.1, 0.15) is 80.5 Å². The Labute approximate surface area is 327 Å². The van der Waals surface area contributed by atoms with E-state index in [4.69, 9.17) is 4.74 Å². The third-order valence-corrected chi connectivity index (χ3v) is 13.5. The van der Waals surface area contributed by atoms with Gasteiger partial charge in [0.2, 0.25) is 0 Å². The fourth-order valence-electron chi connectivity index (χ4n) is 8.43. The molecule has 7 rings (SSSR count). The van der Waals surface area contributed by atoms with Gasteiger partial charge in [-0.2, -0.15) is 27.0 Å². The van der Waals surface area contributed by atoms with Crippen molar-refractivity contribution in [2.24, 2.45) is 5.41 Å². The van der Waals surface area contributed by atoms with Crippen LogP contribution in [-0.4, -0.2) is 88.1 Å². The van der Waals surface area contributed by atoms with Crippen LogP contribution >= 0.6 is 27.0 Å². The first-order chi connectivity index (χ1) is 23.1. The molecule has 51 heavy (non-hydrogen) atoms. The van der Waals surface area contributed by atoms with Crippen LogP contribution in [0, 0.1) is 5.41 Å². The van der Waals surface area contributed by atoms with Crippen molar-refractivity contribution in [3.8, 4) is 5.75 Å². The number of aliphatic hydroxyl groups excluding tert-OH is 1. The Balaban J connectivity index is 0.00000234. The molecule has 3 fully saturated rings. The highest BCUT2D eigenvalue weighted by molar-refractivity contribution is 7.91. The normalized spacial score (nSPS) is 24.1. The van der Waals surface area contributed by atoms with E-state index in [2.05, 4.69) is 43.0 Å². The Bertz CT molecular complexity index is 1620. The first-order valence-corrected chi connectivity index (χ1v) is 19.8. The average Bonchev–Trinajstić information content (AvgIpc) is 3.17. The van der Waals surface area contributed by atoms with Gasteiger partial charge in [-0.1, -0.05) is 75.9 Å². The van der Waals surface area contributed by atoms with Crippen LogP contribution in [0.25, 0.3) is 0 Å². The maximum atomic E-state index is 14.1. The largest absolute Gasteiger partial charge is 1.00 e. The molecule has 3 aromatic rings. The Morgan fingerprint density at radius 2 is 1.43 bits per heavy atom. The van der Waals surface area contributed by atoms with Gasteiger partial charge in [0.25, 0.3) is 0 Å². The number of piperazine rings is 3. The summed E-state index contributed by atoms with van der Waals surface area (Å²) in [6, 6.07) is 22.5. The fourth-order valence-corrected chi connectivity index (χ4v) is 10.6. The lowest BCUT2D eigenvalue weighted by atomic mass is 9.68. The van der Waals surface area contributed by atoms with E-state index in [1.54, 1.807) is 6.07 Å². The third-order valence-electron chi connectivity index (χ3n) is 11.5. The van der Waals surface area contributed by atoms with Gasteiger partial charge in [-0.05, 0) is 59.9 Å². The van der Waals surface area contributed by atoms with Gasteiger partial charge in [0, 0.05) is 56.3 Å². The second-order valence-corrected chi connectivity index (χ2v) is 17.0. The predicted molar refractivity (Wildman–Crippen MR) is 215 cm³/mol. The van der Waals surface area contributed by atoms with Gasteiger partial charge in [0.1, 0.15) is 18.9 Å². The van der Waals surface area contributed by atoms with E-state index in [1.165, 1.54) is 49.3 Å². The zero-order valence-electron chi connectivity index (χ0n) is 30.9. The molecule has 2 bridgehead atoms. The summed E-state index contributed by atoms with van der Waals surface area (Å²) in [5, 5.41) is 12.4. The highest BCUT2D eigenvalue weighted by Crippen LogP contribution is 2.50. The molecule has 284 valence electrons. The fraction of sp³-hybridized carbons (Fsp3) is 0.550. The molecule has 11 heteroatoms. The topological polar surface area (TPSA) is 70.1 Å². The second-order valence-electron chi connectivity index (χ2n) is 15.1. The quantitative estimate of drug-likeness (QED) is 0.266. The highest BCUT2D eigenvalue weighted by Gasteiger charge is 2.49. The maximum Gasteiger partial charge on any atom is 0.179 e. The van der Waals surface area contributed by atoms with Crippen LogP contribution in [0.4, 0.5) is 5.69 Å². The van der Waals surface area contributed by atoms with E-state index < -0.39 is 27.3 Å². The van der Waals surface area contributed by atoms with Crippen LogP contribution in [0.5, 0.6) is 5.75 Å². The van der Waals surface area contributed by atoms with Crippen LogP contribution < -0.4 is 22.0 Å². The maximum absolute atomic E-state index is 14.1. The van der Waals surface area contributed by atoms with Gasteiger partial charge >= 0.3 is 0 Å². The Morgan fingerprint density at radius 3 is 1.98 bits per heavy atom. The lowest BCUT2D eigenvalue weighted by molar-refractivity contribution is -0.953. The Morgan fingerprint density at radius 1 is 0.863 bits per heavy atom. The zero-order chi connectivity index (χ0) is 33.9. The van der Waals surface area contributed by atoms with Crippen molar-refractivity contribution >= 4 is 42.5 Å². The first kappa shape index (κ1) is 43.5. The van der Waals surface area contributed by atoms with Crippen LogP contribution in [-0.2, 0) is 23.0 Å². The number of benzene rings is 3. The molecule has 4 heterocycles. The number of fused-ring (bicyclic) bond motifs is 4. The summed E-state index contributed by atoms with van der Waals surface area (Å²) in [4.78, 5) is 4.93. The molecule has 0 spiro atoms. The van der Waals surface area contributed by atoms with Crippen molar-refractivity contribution in [3.63, 3.8) is 0 Å². The predicted octanol–water partition coefficient (Wildman–Crippen LogP) is 3.85. The summed E-state index contributed by atoms with van der Waals surface area (Å²) in [6.45, 7) is 13.3. The van der Waals surface area contributed by atoms with Gasteiger partial charge < -0.3 is 31.6 Å². The van der Waals surface area contributed by atoms with Gasteiger partial charge in [0.15, 0.2) is 9.84 Å². The van der Waals surface area contributed by atoms with Gasteiger partial charge in [0.05, 0.1) is 36.4 Å². The Hall–Kier alpha value is -1.92. The molecule has 2 atom stereocenters. The smallest absolute Gasteiger partial charge is 0.179 e. The van der Waals surface area contributed by atoms with E-state index in [9.17, 15) is 13.5 Å². The van der Waals surface area contributed by atoms with Gasteiger partial charge in [-0.15, -0.1) is 0 Å². The molecule has 0 saturated carbocycles. The molecule has 0 unspecified atom stereocenters. The number of unbranched alkanes of at least 4 members (excludes halogenated alkanes) is 2. The van der Waals surface area contributed by atoms with Crippen molar-refractivity contribution in [2.75, 3.05) is 64.0 Å². The number of sulfone groups is 1. The standard InChI is InChI=1S/C40H56N3O4S.ClH.2H2S/c1-5-7-19-40(20-8-6-2)30-48(45,46)37-18-15-34(41(3)4)27-36(37)38(39(40)44)33-13-16-35(17-14-33)47-29-32-11-9-31(10-12-32)28-43-24-21-42(22-25-43)23-26-43;;;/h9-18,27,38-39,44H,5-8,19-26,28-30H2,1-4H3;1H;2*1H2/q+1;;;/p-1/t38-,39-;;;/m0.../s1. The van der Waals surface area contributed by atoms with Crippen molar-refractivity contribution in [1.82, 2.24) is 4.90 Å². The zero-order valence-corrected chi connectivity index (χ0v) is 34.5. The van der Waals surface area contributed by atoms with Gasteiger partial charge in [-0.3, -0.25) is 4.90 Å². The van der Waals surface area contributed by atoms with Crippen LogP contribution in [0.2, 0.25) is 0 Å². The molecule has 0 radical (unpaired) electrons. The number of rotatable bonds is 13. The van der Waals surface area contributed by atoms with Crippen molar-refractivity contribution in [2.45, 2.75) is 82.4 Å². The number of quaternary nitrogens is 1. The molecule has 0 amide bonds. The lowest BCUT2D eigenvalue weighted by Gasteiger charge is -2.50. The highest BCUT2D eigenvalue weighted by atomic mass is 35.5. The van der Waals surface area contributed by atoms with E-state index in [-0.39, 0.29) is 45.2 Å².